The van der Waals surface area contributed by atoms with Crippen molar-refractivity contribution in [1.29, 1.82) is 0 Å². The zero-order chi connectivity index (χ0) is 14.8. The van der Waals surface area contributed by atoms with Gasteiger partial charge >= 0.3 is 0 Å². The number of carbonyl (C=O) groups excluding carboxylic acids is 2. The maximum atomic E-state index is 12.7. The Kier molecular flexibility index (Phi) is 2.81. The first-order valence-electron chi connectivity index (χ1n) is 8.72. The van der Waals surface area contributed by atoms with Gasteiger partial charge in [-0.25, -0.2) is 0 Å². The number of carbonyl (C=O) groups is 2. The van der Waals surface area contributed by atoms with Gasteiger partial charge < -0.3 is 0 Å². The molecule has 0 unspecified atom stereocenters. The molecule has 0 aromatic heterocycles. The Morgan fingerprint density at radius 2 is 1.86 bits per heavy atom. The van der Waals surface area contributed by atoms with Gasteiger partial charge in [-0.1, -0.05) is 19.9 Å². The lowest BCUT2D eigenvalue weighted by Crippen LogP contribution is -2.55. The largest absolute Gasteiger partial charge is 0.299 e. The van der Waals surface area contributed by atoms with Gasteiger partial charge in [-0.15, -0.1) is 0 Å². The zero-order valence-corrected chi connectivity index (χ0v) is 13.2. The summed E-state index contributed by atoms with van der Waals surface area (Å²) in [7, 11) is 0. The Bertz CT molecular complexity index is 534. The van der Waals surface area contributed by atoms with Gasteiger partial charge in [-0.05, 0) is 68.3 Å². The third-order valence-corrected chi connectivity index (χ3v) is 7.83. The van der Waals surface area contributed by atoms with Crippen LogP contribution in [-0.4, -0.2) is 11.6 Å². The molecule has 0 amide bonds. The lowest BCUT2D eigenvalue weighted by molar-refractivity contribution is -0.148. The molecule has 0 aromatic rings. The molecular weight excluding hydrogens is 260 g/mol. The van der Waals surface area contributed by atoms with Crippen molar-refractivity contribution in [3.05, 3.63) is 12.2 Å². The van der Waals surface area contributed by atoms with E-state index >= 15 is 0 Å². The van der Waals surface area contributed by atoms with Crippen LogP contribution >= 0.6 is 0 Å². The van der Waals surface area contributed by atoms with E-state index in [1.165, 1.54) is 12.8 Å². The molecule has 6 atom stereocenters. The zero-order valence-electron chi connectivity index (χ0n) is 13.2. The predicted molar refractivity (Wildman–Crippen MR) is 81.6 cm³/mol. The highest BCUT2D eigenvalue weighted by molar-refractivity contribution is 5.96. The summed E-state index contributed by atoms with van der Waals surface area (Å²) in [5, 5.41) is 0. The van der Waals surface area contributed by atoms with Gasteiger partial charge in [0.25, 0.3) is 0 Å². The van der Waals surface area contributed by atoms with Crippen molar-refractivity contribution < 1.29 is 9.59 Å². The smallest absolute Gasteiger partial charge is 0.161 e. The summed E-state index contributed by atoms with van der Waals surface area (Å²) in [5.74, 6) is 3.05. The van der Waals surface area contributed by atoms with Crippen molar-refractivity contribution in [3.63, 3.8) is 0 Å². The Morgan fingerprint density at radius 3 is 2.67 bits per heavy atom. The summed E-state index contributed by atoms with van der Waals surface area (Å²) in [6.07, 6.45) is 11.3. The molecular formula is C19H26O2. The fraction of sp³-hybridized carbons (Fsp3) is 0.789. The molecule has 2 heteroatoms. The van der Waals surface area contributed by atoms with Gasteiger partial charge in [0, 0.05) is 17.3 Å². The van der Waals surface area contributed by atoms with Gasteiger partial charge in [-0.2, -0.15) is 0 Å². The summed E-state index contributed by atoms with van der Waals surface area (Å²) >= 11 is 0. The van der Waals surface area contributed by atoms with Crippen LogP contribution in [0.25, 0.3) is 0 Å². The van der Waals surface area contributed by atoms with E-state index in [1.54, 1.807) is 0 Å². The summed E-state index contributed by atoms with van der Waals surface area (Å²) in [6.45, 7) is 4.44. The molecule has 0 radical (unpaired) electrons. The minimum absolute atomic E-state index is 0.0715. The van der Waals surface area contributed by atoms with Gasteiger partial charge in [-0.3, -0.25) is 9.59 Å². The summed E-state index contributed by atoms with van der Waals surface area (Å²) in [6, 6.07) is 0. The standard InChI is InChI=1S/C19H26O2/c1-18-11-10-15-13(14(18)8-9-16(18)20)7-6-12-4-3-5-17(21)19(12,15)2/h3,5,12-15H,4,6-11H2,1-2H3/t12-,13-,14+,15-,18+,19+/m1/s1. The number of allylic oxidation sites excluding steroid dienone is 2. The second-order valence-corrected chi connectivity index (χ2v) is 8.35. The number of ketones is 2. The molecule has 21 heavy (non-hydrogen) atoms. The summed E-state index contributed by atoms with van der Waals surface area (Å²) in [5.41, 5.74) is -0.220. The molecule has 0 N–H and O–H groups in total. The topological polar surface area (TPSA) is 34.1 Å². The minimum Gasteiger partial charge on any atom is -0.299 e. The van der Waals surface area contributed by atoms with E-state index in [0.717, 1.165) is 32.1 Å². The first-order chi connectivity index (χ1) is 9.98. The summed E-state index contributed by atoms with van der Waals surface area (Å²) < 4.78 is 0. The first-order valence-corrected chi connectivity index (χ1v) is 8.72. The lowest BCUT2D eigenvalue weighted by Gasteiger charge is -2.57. The number of rotatable bonds is 0. The highest BCUT2D eigenvalue weighted by atomic mass is 16.1. The Hall–Kier alpha value is -0.920. The number of hydrogen-bond acceptors (Lipinski definition) is 2. The molecule has 114 valence electrons. The van der Waals surface area contributed by atoms with Crippen LogP contribution in [0.2, 0.25) is 0 Å². The van der Waals surface area contributed by atoms with Gasteiger partial charge in [0.2, 0.25) is 0 Å². The maximum Gasteiger partial charge on any atom is 0.161 e. The predicted octanol–water partition coefficient (Wildman–Crippen LogP) is 3.94. The van der Waals surface area contributed by atoms with E-state index in [2.05, 4.69) is 19.9 Å². The fourth-order valence-corrected chi connectivity index (χ4v) is 6.47. The number of hydrogen-bond donors (Lipinski definition) is 0. The Morgan fingerprint density at radius 1 is 1.05 bits per heavy atom. The van der Waals surface area contributed by atoms with E-state index in [0.29, 0.717) is 35.2 Å². The van der Waals surface area contributed by atoms with Crippen molar-refractivity contribution in [3.8, 4) is 0 Å². The average molecular weight is 286 g/mol. The molecule has 0 aliphatic heterocycles. The summed E-state index contributed by atoms with van der Waals surface area (Å²) in [4.78, 5) is 25.0. The molecule has 4 rings (SSSR count). The lowest BCUT2D eigenvalue weighted by atomic mass is 9.46. The van der Waals surface area contributed by atoms with E-state index in [1.807, 2.05) is 6.08 Å². The molecule has 3 saturated carbocycles. The Balaban J connectivity index is 1.72. The minimum atomic E-state index is -0.148. The van der Waals surface area contributed by atoms with Gasteiger partial charge in [0.1, 0.15) is 5.78 Å². The van der Waals surface area contributed by atoms with Crippen LogP contribution in [-0.2, 0) is 9.59 Å². The van der Waals surface area contributed by atoms with Gasteiger partial charge in [0.05, 0.1) is 0 Å². The molecule has 4 aliphatic rings. The molecule has 0 heterocycles. The van der Waals surface area contributed by atoms with Crippen LogP contribution in [0, 0.1) is 34.5 Å². The molecule has 0 aromatic carbocycles. The third kappa shape index (κ3) is 1.59. The van der Waals surface area contributed by atoms with Crippen LogP contribution in [0.4, 0.5) is 0 Å². The van der Waals surface area contributed by atoms with Crippen LogP contribution in [0.1, 0.15) is 58.8 Å². The van der Waals surface area contributed by atoms with Crippen molar-refractivity contribution >= 4 is 11.6 Å². The molecule has 2 nitrogen and oxygen atoms in total. The second-order valence-electron chi connectivity index (χ2n) is 8.35. The van der Waals surface area contributed by atoms with Crippen LogP contribution < -0.4 is 0 Å². The molecule has 4 aliphatic carbocycles. The highest BCUT2D eigenvalue weighted by Crippen LogP contribution is 2.64. The maximum absolute atomic E-state index is 12.7. The average Bonchev–Trinajstić information content (AvgIpc) is 2.76. The van der Waals surface area contributed by atoms with Crippen LogP contribution in [0.15, 0.2) is 12.2 Å². The third-order valence-electron chi connectivity index (χ3n) is 7.83. The van der Waals surface area contributed by atoms with Gasteiger partial charge in [0.15, 0.2) is 5.78 Å². The monoisotopic (exact) mass is 286 g/mol. The first kappa shape index (κ1) is 13.7. The van der Waals surface area contributed by atoms with E-state index in [9.17, 15) is 9.59 Å². The molecule has 0 bridgehead atoms. The SMILES string of the molecule is C[C@]12C(=O)C=CC[C@@H]1CC[C@H]1[C@H]2CC[C@]2(C)C(=O)CC[C@@H]12. The molecule has 0 saturated heterocycles. The highest BCUT2D eigenvalue weighted by Gasteiger charge is 2.61. The van der Waals surface area contributed by atoms with E-state index in [-0.39, 0.29) is 10.8 Å². The van der Waals surface area contributed by atoms with E-state index in [4.69, 9.17) is 0 Å². The van der Waals surface area contributed by atoms with Crippen molar-refractivity contribution in [2.45, 2.75) is 58.8 Å². The fourth-order valence-electron chi connectivity index (χ4n) is 6.47. The quantitative estimate of drug-likeness (QED) is 0.676. The van der Waals surface area contributed by atoms with Crippen LogP contribution in [0.3, 0.4) is 0 Å². The van der Waals surface area contributed by atoms with E-state index < -0.39 is 0 Å². The van der Waals surface area contributed by atoms with Crippen molar-refractivity contribution in [2.75, 3.05) is 0 Å². The molecule has 0 spiro atoms. The van der Waals surface area contributed by atoms with Crippen LogP contribution in [0.5, 0.6) is 0 Å². The van der Waals surface area contributed by atoms with Crippen molar-refractivity contribution in [1.82, 2.24) is 0 Å². The second kappa shape index (κ2) is 4.30. The normalized spacial score (nSPS) is 52.3. The number of fused-ring (bicyclic) bond motifs is 5. The number of Topliss-reactive ketones (excluding diaryl/α,β-unsaturated/α-hetero) is 1. The Labute approximate surface area is 127 Å². The van der Waals surface area contributed by atoms with Crippen molar-refractivity contribution in [2.24, 2.45) is 34.5 Å². The molecule has 3 fully saturated rings.